The molecule has 1 heterocycles. The van der Waals surface area contributed by atoms with E-state index in [1.165, 1.54) is 0 Å². The molecule has 0 saturated carbocycles. The summed E-state index contributed by atoms with van der Waals surface area (Å²) in [7, 11) is 0. The van der Waals surface area contributed by atoms with E-state index in [1.54, 1.807) is 6.92 Å². The summed E-state index contributed by atoms with van der Waals surface area (Å²) >= 11 is 0. The van der Waals surface area contributed by atoms with E-state index in [-0.39, 0.29) is 18.2 Å². The average Bonchev–Trinajstić information content (AvgIpc) is 2.64. The first-order chi connectivity index (χ1) is 4.70. The van der Waals surface area contributed by atoms with Gasteiger partial charge < -0.3 is 15.6 Å². The van der Waals surface area contributed by atoms with Gasteiger partial charge in [0.05, 0.1) is 6.61 Å². The Kier molecular flexibility index (Phi) is 3.78. The lowest BCUT2D eigenvalue weighted by atomic mass is 10.4. The highest BCUT2D eigenvalue weighted by Gasteiger charge is 2.24. The summed E-state index contributed by atoms with van der Waals surface area (Å²) in [5.41, 5.74) is 0.431. The first-order valence-corrected chi connectivity index (χ1v) is 3.14. The lowest BCUT2D eigenvalue weighted by Gasteiger charge is -1.99. The van der Waals surface area contributed by atoms with Crippen molar-refractivity contribution in [1.82, 2.24) is 6.15 Å². The summed E-state index contributed by atoms with van der Waals surface area (Å²) in [5, 5.41) is 0. The first kappa shape index (κ1) is 10.1. The van der Waals surface area contributed by atoms with Gasteiger partial charge >= 0.3 is 5.97 Å². The highest BCUT2D eigenvalue weighted by molar-refractivity contribution is 5.86. The van der Waals surface area contributed by atoms with Crippen molar-refractivity contribution in [1.29, 1.82) is 0 Å². The molecule has 1 unspecified atom stereocenters. The van der Waals surface area contributed by atoms with Crippen molar-refractivity contribution in [2.45, 2.75) is 13.0 Å². The molecule has 1 fully saturated rings. The van der Waals surface area contributed by atoms with Gasteiger partial charge in [-0.05, 0) is 6.92 Å². The molecule has 4 heteroatoms. The summed E-state index contributed by atoms with van der Waals surface area (Å²) in [4.78, 5) is 10.7. The molecule has 0 spiro atoms. The SMILES string of the molecule is C=C(C)C(=O)OCC1CO1.N. The van der Waals surface area contributed by atoms with Crippen LogP contribution in [0.15, 0.2) is 12.2 Å². The number of carbonyl (C=O) groups excluding carboxylic acids is 1. The predicted molar refractivity (Wildman–Crippen MR) is 40.5 cm³/mol. The Hall–Kier alpha value is -0.870. The average molecular weight is 159 g/mol. The maximum Gasteiger partial charge on any atom is 0.333 e. The molecule has 64 valence electrons. The van der Waals surface area contributed by atoms with Crippen LogP contribution in [0.25, 0.3) is 0 Å². The van der Waals surface area contributed by atoms with Crippen molar-refractivity contribution >= 4 is 5.97 Å². The zero-order valence-electron chi connectivity index (χ0n) is 6.63. The lowest BCUT2D eigenvalue weighted by Crippen LogP contribution is -2.09. The minimum absolute atomic E-state index is 0. The van der Waals surface area contributed by atoms with Gasteiger partial charge in [-0.2, -0.15) is 0 Å². The fourth-order valence-corrected chi connectivity index (χ4v) is 0.456. The summed E-state index contributed by atoms with van der Waals surface area (Å²) in [6.07, 6.45) is 0.142. The van der Waals surface area contributed by atoms with Gasteiger partial charge in [0.2, 0.25) is 0 Å². The van der Waals surface area contributed by atoms with Gasteiger partial charge in [0.25, 0.3) is 0 Å². The smallest absolute Gasteiger partial charge is 0.333 e. The maximum atomic E-state index is 10.7. The van der Waals surface area contributed by atoms with E-state index in [9.17, 15) is 4.79 Å². The van der Waals surface area contributed by atoms with E-state index in [0.717, 1.165) is 0 Å². The highest BCUT2D eigenvalue weighted by Crippen LogP contribution is 2.09. The van der Waals surface area contributed by atoms with E-state index in [2.05, 4.69) is 6.58 Å². The first-order valence-electron chi connectivity index (χ1n) is 3.14. The van der Waals surface area contributed by atoms with Gasteiger partial charge in [0.15, 0.2) is 0 Å². The molecule has 1 aliphatic heterocycles. The molecular formula is C7H13NO3. The Bertz CT molecular complexity index is 163. The second-order valence-electron chi connectivity index (χ2n) is 2.33. The van der Waals surface area contributed by atoms with Crippen LogP contribution in [0.1, 0.15) is 6.92 Å². The molecule has 0 aliphatic carbocycles. The van der Waals surface area contributed by atoms with Gasteiger partial charge in [-0.15, -0.1) is 0 Å². The molecular weight excluding hydrogens is 146 g/mol. The van der Waals surface area contributed by atoms with E-state index in [0.29, 0.717) is 18.8 Å². The predicted octanol–water partition coefficient (Wildman–Crippen LogP) is 0.666. The van der Waals surface area contributed by atoms with Crippen LogP contribution in [0.2, 0.25) is 0 Å². The summed E-state index contributed by atoms with van der Waals surface area (Å²) in [5.74, 6) is -0.337. The van der Waals surface area contributed by atoms with Gasteiger partial charge in [-0.3, -0.25) is 0 Å². The monoisotopic (exact) mass is 159 g/mol. The van der Waals surface area contributed by atoms with E-state index in [1.807, 2.05) is 0 Å². The Morgan fingerprint density at radius 1 is 1.82 bits per heavy atom. The number of carbonyl (C=O) groups is 1. The minimum Gasteiger partial charge on any atom is -0.459 e. The number of hydrogen-bond acceptors (Lipinski definition) is 4. The normalized spacial score (nSPS) is 19.9. The Labute approximate surface area is 65.8 Å². The Balaban J connectivity index is 0.000001000. The van der Waals surface area contributed by atoms with E-state index >= 15 is 0 Å². The maximum absolute atomic E-state index is 10.7. The standard InChI is InChI=1S/C7H10O3.H3N/c1-5(2)7(8)10-4-6-3-9-6;/h6H,1,3-4H2,2H3;1H3. The van der Waals surface area contributed by atoms with Crippen LogP contribution in [0.5, 0.6) is 0 Å². The van der Waals surface area contributed by atoms with Crippen LogP contribution in [0.3, 0.4) is 0 Å². The lowest BCUT2D eigenvalue weighted by molar-refractivity contribution is -0.139. The Morgan fingerprint density at radius 2 is 2.36 bits per heavy atom. The van der Waals surface area contributed by atoms with Crippen LogP contribution >= 0.6 is 0 Å². The molecule has 11 heavy (non-hydrogen) atoms. The Morgan fingerprint density at radius 3 is 2.73 bits per heavy atom. The molecule has 0 amide bonds. The van der Waals surface area contributed by atoms with Crippen LogP contribution in [0, 0.1) is 0 Å². The van der Waals surface area contributed by atoms with E-state index in [4.69, 9.17) is 9.47 Å². The van der Waals surface area contributed by atoms with Crippen molar-refractivity contribution < 1.29 is 14.3 Å². The highest BCUT2D eigenvalue weighted by atomic mass is 16.6. The van der Waals surface area contributed by atoms with Crippen LogP contribution in [-0.4, -0.2) is 25.3 Å². The molecule has 1 saturated heterocycles. The third kappa shape index (κ3) is 3.75. The molecule has 0 aromatic carbocycles. The topological polar surface area (TPSA) is 73.8 Å². The fraction of sp³-hybridized carbons (Fsp3) is 0.571. The van der Waals surface area contributed by atoms with Crippen molar-refractivity contribution in [2.24, 2.45) is 0 Å². The number of hydrogen-bond donors (Lipinski definition) is 1. The van der Waals surface area contributed by atoms with Crippen molar-refractivity contribution in [2.75, 3.05) is 13.2 Å². The third-order valence-corrected chi connectivity index (χ3v) is 1.15. The molecule has 3 N–H and O–H groups in total. The molecule has 0 aromatic heterocycles. The van der Waals surface area contributed by atoms with Crippen LogP contribution < -0.4 is 6.15 Å². The number of rotatable bonds is 3. The summed E-state index contributed by atoms with van der Waals surface area (Å²) in [6, 6.07) is 0. The molecule has 1 atom stereocenters. The quantitative estimate of drug-likeness (QED) is 0.373. The zero-order valence-corrected chi connectivity index (χ0v) is 6.63. The van der Waals surface area contributed by atoms with Gasteiger partial charge in [0.1, 0.15) is 12.7 Å². The van der Waals surface area contributed by atoms with E-state index < -0.39 is 0 Å². The number of esters is 1. The molecule has 0 aromatic rings. The summed E-state index contributed by atoms with van der Waals surface area (Å²) < 4.78 is 9.60. The van der Waals surface area contributed by atoms with Gasteiger partial charge in [-0.1, -0.05) is 6.58 Å². The fourth-order valence-electron chi connectivity index (χ4n) is 0.456. The van der Waals surface area contributed by atoms with Crippen molar-refractivity contribution in [3.63, 3.8) is 0 Å². The van der Waals surface area contributed by atoms with Crippen molar-refractivity contribution in [3.8, 4) is 0 Å². The third-order valence-electron chi connectivity index (χ3n) is 1.15. The molecule has 1 rings (SSSR count). The molecule has 0 radical (unpaired) electrons. The van der Waals surface area contributed by atoms with Crippen LogP contribution in [-0.2, 0) is 14.3 Å². The van der Waals surface area contributed by atoms with Crippen LogP contribution in [0.4, 0.5) is 0 Å². The number of ether oxygens (including phenoxy) is 2. The molecule has 4 nitrogen and oxygen atoms in total. The number of epoxide rings is 1. The summed E-state index contributed by atoms with van der Waals surface area (Å²) in [6.45, 7) is 6.14. The van der Waals surface area contributed by atoms with Gasteiger partial charge in [-0.25, -0.2) is 4.79 Å². The van der Waals surface area contributed by atoms with Crippen molar-refractivity contribution in [3.05, 3.63) is 12.2 Å². The molecule has 1 aliphatic rings. The largest absolute Gasteiger partial charge is 0.459 e. The second-order valence-corrected chi connectivity index (χ2v) is 2.33. The molecule has 0 bridgehead atoms. The second kappa shape index (κ2) is 4.10. The van der Waals surface area contributed by atoms with Gasteiger partial charge in [0, 0.05) is 5.57 Å². The minimum atomic E-state index is -0.337. The zero-order chi connectivity index (χ0) is 7.56.